The molecule has 3 N–H and O–H groups in total. The summed E-state index contributed by atoms with van der Waals surface area (Å²) in [7, 11) is 1.53. The highest BCUT2D eigenvalue weighted by Crippen LogP contribution is 2.19. The van der Waals surface area contributed by atoms with Gasteiger partial charge >= 0.3 is 0 Å². The third kappa shape index (κ3) is 7.43. The summed E-state index contributed by atoms with van der Waals surface area (Å²) >= 11 is 0. The molecule has 0 aliphatic heterocycles. The van der Waals surface area contributed by atoms with Crippen molar-refractivity contribution in [2.75, 3.05) is 12.4 Å². The fourth-order valence-electron chi connectivity index (χ4n) is 3.14. The lowest BCUT2D eigenvalue weighted by Crippen LogP contribution is -2.37. The van der Waals surface area contributed by atoms with Gasteiger partial charge in [0.05, 0.1) is 41.7 Å². The van der Waals surface area contributed by atoms with E-state index in [1.54, 1.807) is 31.6 Å². The molecule has 0 saturated carbocycles. The molecule has 182 valence electrons. The maximum absolute atomic E-state index is 13.4. The number of nitrogens with one attached hydrogen (secondary N) is 3. The molecule has 2 heterocycles. The average Bonchev–Trinajstić information content (AvgIpc) is 2.84. The summed E-state index contributed by atoms with van der Waals surface area (Å²) in [5.74, 6) is 0.00823. The molecule has 10 nitrogen and oxygen atoms in total. The van der Waals surface area contributed by atoms with Gasteiger partial charge in [0.1, 0.15) is 17.9 Å². The molecule has 2 amide bonds. The average molecular weight is 467 g/mol. The Kier molecular flexibility index (Phi) is 10.3. The van der Waals surface area contributed by atoms with Crippen molar-refractivity contribution < 1.29 is 9.59 Å². The van der Waals surface area contributed by atoms with Crippen LogP contribution in [0, 0.1) is 5.92 Å². The van der Waals surface area contributed by atoms with Crippen molar-refractivity contribution in [1.82, 2.24) is 30.6 Å². The normalized spacial score (nSPS) is 12.1. The van der Waals surface area contributed by atoms with E-state index in [0.29, 0.717) is 35.2 Å². The molecule has 0 fully saturated rings. The first-order valence-corrected chi connectivity index (χ1v) is 11.5. The number of aliphatic imine (C=N–C) groups is 1. The molecule has 10 heteroatoms. The van der Waals surface area contributed by atoms with Gasteiger partial charge in [-0.05, 0) is 25.7 Å². The van der Waals surface area contributed by atoms with E-state index in [-0.39, 0.29) is 23.4 Å². The minimum absolute atomic E-state index is 0.0360. The van der Waals surface area contributed by atoms with Gasteiger partial charge in [0, 0.05) is 13.5 Å². The van der Waals surface area contributed by atoms with Crippen LogP contribution in [0.1, 0.15) is 63.8 Å². The van der Waals surface area contributed by atoms with Crippen LogP contribution in [0.2, 0.25) is 0 Å². The Morgan fingerprint density at radius 3 is 2.35 bits per heavy atom. The number of anilines is 2. The highest BCUT2D eigenvalue weighted by Gasteiger charge is 2.22. The second-order valence-corrected chi connectivity index (χ2v) is 8.08. The molecular formula is C24H34N8O2. The Labute approximate surface area is 200 Å². The molecule has 0 unspecified atom stereocenters. The van der Waals surface area contributed by atoms with Gasteiger partial charge in [0.2, 0.25) is 0 Å². The van der Waals surface area contributed by atoms with Crippen LogP contribution in [0.25, 0.3) is 0 Å². The maximum atomic E-state index is 13.4. The molecule has 2 aromatic heterocycles. The van der Waals surface area contributed by atoms with Gasteiger partial charge in [0.15, 0.2) is 5.69 Å². The number of amides is 2. The predicted molar refractivity (Wildman–Crippen MR) is 133 cm³/mol. The zero-order valence-corrected chi connectivity index (χ0v) is 20.7. The Balaban J connectivity index is 2.44. The molecule has 0 bridgehead atoms. The highest BCUT2D eigenvalue weighted by molar-refractivity contribution is 6.45. The fourth-order valence-corrected chi connectivity index (χ4v) is 3.14. The molecule has 0 aliphatic rings. The molecule has 2 aromatic rings. The third-order valence-electron chi connectivity index (χ3n) is 4.97. The van der Waals surface area contributed by atoms with Crippen LogP contribution in [0.15, 0.2) is 41.7 Å². The monoisotopic (exact) mass is 466 g/mol. The zero-order valence-electron chi connectivity index (χ0n) is 20.7. The van der Waals surface area contributed by atoms with Gasteiger partial charge in [-0.25, -0.2) is 19.9 Å². The van der Waals surface area contributed by atoms with Gasteiger partial charge in [0.25, 0.3) is 11.8 Å². The lowest BCUT2D eigenvalue weighted by Gasteiger charge is -2.16. The van der Waals surface area contributed by atoms with E-state index in [1.807, 2.05) is 13.8 Å². The Morgan fingerprint density at radius 2 is 1.79 bits per heavy atom. The SMILES string of the molecule is CC=C(NC(=O)c1nc(CC(C)C)ncc1Nc1cncnc1)C(=NC(CC)CC)C(=O)NC. The van der Waals surface area contributed by atoms with E-state index in [1.165, 1.54) is 13.4 Å². The zero-order chi connectivity index (χ0) is 25.1. The molecular weight excluding hydrogens is 432 g/mol. The molecule has 2 rings (SSSR count). The first kappa shape index (κ1) is 26.6. The largest absolute Gasteiger partial charge is 0.354 e. The summed E-state index contributed by atoms with van der Waals surface area (Å²) in [6.45, 7) is 9.87. The van der Waals surface area contributed by atoms with Gasteiger partial charge in [-0.2, -0.15) is 0 Å². The van der Waals surface area contributed by atoms with E-state index in [2.05, 4.69) is 54.7 Å². The lowest BCUT2D eigenvalue weighted by molar-refractivity contribution is -0.114. The smallest absolute Gasteiger partial charge is 0.276 e. The second kappa shape index (κ2) is 13.1. The first-order chi connectivity index (χ1) is 16.3. The predicted octanol–water partition coefficient (Wildman–Crippen LogP) is 3.22. The molecule has 34 heavy (non-hydrogen) atoms. The molecule has 0 radical (unpaired) electrons. The Hall–Kier alpha value is -3.69. The van der Waals surface area contributed by atoms with Gasteiger partial charge in [-0.3, -0.25) is 14.6 Å². The van der Waals surface area contributed by atoms with Crippen molar-refractivity contribution in [3.05, 3.63) is 48.2 Å². The molecule has 0 spiro atoms. The number of carbonyl (C=O) groups excluding carboxylic acids is 2. The second-order valence-electron chi connectivity index (χ2n) is 8.08. The van der Waals surface area contributed by atoms with Crippen LogP contribution < -0.4 is 16.0 Å². The van der Waals surface area contributed by atoms with Crippen LogP contribution in [0.3, 0.4) is 0 Å². The summed E-state index contributed by atoms with van der Waals surface area (Å²) in [4.78, 5) is 47.5. The number of hydrogen-bond donors (Lipinski definition) is 3. The van der Waals surface area contributed by atoms with Crippen molar-refractivity contribution in [3.8, 4) is 0 Å². The van der Waals surface area contributed by atoms with Crippen molar-refractivity contribution >= 4 is 28.9 Å². The summed E-state index contributed by atoms with van der Waals surface area (Å²) in [5.41, 5.74) is 1.62. The van der Waals surface area contributed by atoms with E-state index >= 15 is 0 Å². The van der Waals surface area contributed by atoms with Gasteiger partial charge in [-0.15, -0.1) is 0 Å². The summed E-state index contributed by atoms with van der Waals surface area (Å²) in [5, 5.41) is 8.53. The Bertz CT molecular complexity index is 1030. The number of aromatic nitrogens is 4. The molecule has 0 atom stereocenters. The van der Waals surface area contributed by atoms with Crippen LogP contribution in [0.4, 0.5) is 11.4 Å². The number of carbonyl (C=O) groups is 2. The van der Waals surface area contributed by atoms with Crippen molar-refractivity contribution in [1.29, 1.82) is 0 Å². The molecule has 0 aliphatic carbocycles. The number of nitrogens with zero attached hydrogens (tertiary/aromatic N) is 5. The van der Waals surface area contributed by atoms with Crippen molar-refractivity contribution in [3.63, 3.8) is 0 Å². The highest BCUT2D eigenvalue weighted by atomic mass is 16.2. The minimum atomic E-state index is -0.485. The van der Waals surface area contributed by atoms with Crippen LogP contribution in [0.5, 0.6) is 0 Å². The fraction of sp³-hybridized carbons (Fsp3) is 0.458. The Morgan fingerprint density at radius 1 is 1.12 bits per heavy atom. The van der Waals surface area contributed by atoms with Gasteiger partial charge < -0.3 is 16.0 Å². The number of allylic oxidation sites excluding steroid dienone is 1. The summed E-state index contributed by atoms with van der Waals surface area (Å²) in [6, 6.07) is -0.0360. The topological polar surface area (TPSA) is 134 Å². The number of rotatable bonds is 11. The molecule has 0 saturated heterocycles. The summed E-state index contributed by atoms with van der Waals surface area (Å²) < 4.78 is 0. The number of hydrogen-bond acceptors (Lipinski definition) is 8. The van der Waals surface area contributed by atoms with Gasteiger partial charge in [-0.1, -0.05) is 33.8 Å². The lowest BCUT2D eigenvalue weighted by atomic mass is 10.1. The molecule has 0 aromatic carbocycles. The van der Waals surface area contributed by atoms with Crippen LogP contribution in [-0.4, -0.2) is 50.6 Å². The van der Waals surface area contributed by atoms with E-state index < -0.39 is 5.91 Å². The van der Waals surface area contributed by atoms with Crippen molar-refractivity contribution in [2.45, 2.75) is 59.9 Å². The van der Waals surface area contributed by atoms with Crippen LogP contribution in [-0.2, 0) is 11.2 Å². The quantitative estimate of drug-likeness (QED) is 0.433. The maximum Gasteiger partial charge on any atom is 0.276 e. The van der Waals surface area contributed by atoms with E-state index in [9.17, 15) is 9.59 Å². The van der Waals surface area contributed by atoms with E-state index in [4.69, 9.17) is 0 Å². The third-order valence-corrected chi connectivity index (χ3v) is 4.97. The van der Waals surface area contributed by atoms with Crippen LogP contribution >= 0.6 is 0 Å². The minimum Gasteiger partial charge on any atom is -0.354 e. The summed E-state index contributed by atoms with van der Waals surface area (Å²) in [6.07, 6.45) is 9.98. The van der Waals surface area contributed by atoms with Crippen molar-refractivity contribution in [2.24, 2.45) is 10.9 Å². The first-order valence-electron chi connectivity index (χ1n) is 11.5. The van der Waals surface area contributed by atoms with E-state index in [0.717, 1.165) is 12.8 Å². The standard InChI is InChI=1S/C24H34N8O2/c1-7-16(8-2)30-21(23(33)25-6)18(9-3)31-24(34)22-19(29-17-11-26-14-27-12-17)13-28-20(32-22)10-15(4)5/h9,11-16,29H,7-8,10H2,1-6H3,(H,25,33)(H,31,34).